The Morgan fingerprint density at radius 2 is 1.88 bits per heavy atom. The van der Waals surface area contributed by atoms with Gasteiger partial charge in [0, 0.05) is 13.2 Å². The summed E-state index contributed by atoms with van der Waals surface area (Å²) in [4.78, 5) is 0. The van der Waals surface area contributed by atoms with E-state index in [9.17, 15) is 0 Å². The maximum atomic E-state index is 5.87. The summed E-state index contributed by atoms with van der Waals surface area (Å²) in [5, 5.41) is 3.57. The van der Waals surface area contributed by atoms with Gasteiger partial charge in [0.1, 0.15) is 0 Å². The van der Waals surface area contributed by atoms with Crippen LogP contribution in [0.2, 0.25) is 0 Å². The molecule has 2 nitrogen and oxygen atoms in total. The first kappa shape index (κ1) is 13.4. The maximum Gasteiger partial charge on any atom is 0.0833 e. The molecule has 1 N–H and O–H groups in total. The number of nitrogens with one attached hydrogen (secondary N) is 1. The smallest absolute Gasteiger partial charge is 0.0833 e. The molecule has 1 unspecified atom stereocenters. The summed E-state index contributed by atoms with van der Waals surface area (Å²) in [7, 11) is 4.02. The molecule has 0 heterocycles. The van der Waals surface area contributed by atoms with E-state index in [1.807, 2.05) is 7.11 Å². The Morgan fingerprint density at radius 3 is 2.24 bits per heavy atom. The van der Waals surface area contributed by atoms with Gasteiger partial charge in [0.15, 0.2) is 0 Å². The van der Waals surface area contributed by atoms with Gasteiger partial charge in [0.25, 0.3) is 0 Å². The van der Waals surface area contributed by atoms with E-state index in [1.54, 1.807) is 0 Å². The molecular weight excluding hydrogens is 210 g/mol. The lowest BCUT2D eigenvalue weighted by atomic mass is 9.66. The van der Waals surface area contributed by atoms with Crippen LogP contribution in [0, 0.1) is 11.8 Å². The predicted molar refractivity (Wildman–Crippen MR) is 72.2 cm³/mol. The summed E-state index contributed by atoms with van der Waals surface area (Å²) < 4.78 is 5.87. The highest BCUT2D eigenvalue weighted by atomic mass is 16.5. The molecule has 2 fully saturated rings. The first-order valence-corrected chi connectivity index (χ1v) is 7.48. The normalized spacial score (nSPS) is 34.1. The molecule has 17 heavy (non-hydrogen) atoms. The fourth-order valence-electron chi connectivity index (χ4n) is 4.03. The van der Waals surface area contributed by atoms with Crippen LogP contribution in [-0.2, 0) is 4.74 Å². The molecule has 2 saturated carbocycles. The van der Waals surface area contributed by atoms with E-state index in [-0.39, 0.29) is 5.60 Å². The van der Waals surface area contributed by atoms with Crippen LogP contribution in [0.1, 0.15) is 58.3 Å². The SMILES string of the molecule is CCC1CCC(C(NC)C2(OC)CCC2)CC1. The van der Waals surface area contributed by atoms with Crippen molar-refractivity contribution in [2.45, 2.75) is 69.9 Å². The van der Waals surface area contributed by atoms with E-state index in [1.165, 1.54) is 51.4 Å². The van der Waals surface area contributed by atoms with Crippen molar-refractivity contribution in [3.05, 3.63) is 0 Å². The third-order valence-corrected chi connectivity index (χ3v) is 5.42. The van der Waals surface area contributed by atoms with Crippen LogP contribution in [0.4, 0.5) is 0 Å². The largest absolute Gasteiger partial charge is 0.377 e. The van der Waals surface area contributed by atoms with E-state index < -0.39 is 0 Å². The van der Waals surface area contributed by atoms with Crippen molar-refractivity contribution in [2.75, 3.05) is 14.2 Å². The van der Waals surface area contributed by atoms with Gasteiger partial charge in [0.05, 0.1) is 5.60 Å². The molecule has 0 bridgehead atoms. The van der Waals surface area contributed by atoms with Crippen molar-refractivity contribution in [1.82, 2.24) is 5.32 Å². The highest BCUT2D eigenvalue weighted by molar-refractivity contribution is 5.02. The average molecular weight is 239 g/mol. The molecular formula is C15H29NO. The quantitative estimate of drug-likeness (QED) is 0.794. The molecule has 0 saturated heterocycles. The lowest BCUT2D eigenvalue weighted by Crippen LogP contribution is -2.59. The maximum absolute atomic E-state index is 5.87. The zero-order valence-corrected chi connectivity index (χ0v) is 11.8. The standard InChI is InChI=1S/C15H29NO/c1-4-12-6-8-13(9-7-12)14(16-2)15(17-3)10-5-11-15/h12-14,16H,4-11H2,1-3H3. The summed E-state index contributed by atoms with van der Waals surface area (Å²) in [6.07, 6.45) is 10.9. The van der Waals surface area contributed by atoms with Crippen LogP contribution >= 0.6 is 0 Å². The zero-order chi connectivity index (χ0) is 12.3. The lowest BCUT2D eigenvalue weighted by molar-refractivity contribution is -0.114. The molecule has 100 valence electrons. The fraction of sp³-hybridized carbons (Fsp3) is 1.00. The van der Waals surface area contributed by atoms with Crippen LogP contribution in [0.25, 0.3) is 0 Å². The van der Waals surface area contributed by atoms with Gasteiger partial charge in [-0.1, -0.05) is 26.2 Å². The summed E-state index contributed by atoms with van der Waals surface area (Å²) in [5.74, 6) is 1.83. The number of hydrogen-bond donors (Lipinski definition) is 1. The van der Waals surface area contributed by atoms with Gasteiger partial charge >= 0.3 is 0 Å². The molecule has 0 aliphatic heterocycles. The summed E-state index contributed by atoms with van der Waals surface area (Å²) in [6, 6.07) is 0.582. The fourth-order valence-corrected chi connectivity index (χ4v) is 4.03. The van der Waals surface area contributed by atoms with Crippen LogP contribution in [0.5, 0.6) is 0 Å². The molecule has 0 amide bonds. The molecule has 1 atom stereocenters. The summed E-state index contributed by atoms with van der Waals surface area (Å²) in [5.41, 5.74) is 0.165. The topological polar surface area (TPSA) is 21.3 Å². The Hall–Kier alpha value is -0.0800. The minimum absolute atomic E-state index is 0.165. The minimum atomic E-state index is 0.165. The molecule has 0 spiro atoms. The Balaban J connectivity index is 1.95. The second kappa shape index (κ2) is 5.71. The first-order chi connectivity index (χ1) is 8.25. The molecule has 2 aliphatic carbocycles. The van der Waals surface area contributed by atoms with Crippen molar-refractivity contribution in [2.24, 2.45) is 11.8 Å². The second-order valence-electron chi connectivity index (χ2n) is 6.08. The summed E-state index contributed by atoms with van der Waals surface area (Å²) >= 11 is 0. The first-order valence-electron chi connectivity index (χ1n) is 7.48. The third kappa shape index (κ3) is 2.53. The van der Waals surface area contributed by atoms with Crippen LogP contribution in [0.3, 0.4) is 0 Å². The highest BCUT2D eigenvalue weighted by Gasteiger charge is 2.47. The Labute approximate surface area is 107 Å². The molecule has 0 aromatic rings. The number of rotatable bonds is 5. The summed E-state index contributed by atoms with van der Waals surface area (Å²) in [6.45, 7) is 2.34. The third-order valence-electron chi connectivity index (χ3n) is 5.42. The van der Waals surface area contributed by atoms with Gasteiger partial charge in [-0.15, -0.1) is 0 Å². The van der Waals surface area contributed by atoms with Gasteiger partial charge in [-0.3, -0.25) is 0 Å². The monoisotopic (exact) mass is 239 g/mol. The van der Waals surface area contributed by atoms with Crippen LogP contribution < -0.4 is 5.32 Å². The minimum Gasteiger partial charge on any atom is -0.377 e. The van der Waals surface area contributed by atoms with E-state index in [2.05, 4.69) is 19.3 Å². The van der Waals surface area contributed by atoms with E-state index in [0.29, 0.717) is 6.04 Å². The number of likely N-dealkylation sites (N-methyl/N-ethyl adjacent to an activating group) is 1. The Bertz CT molecular complexity index is 224. The van der Waals surface area contributed by atoms with Crippen LogP contribution in [0.15, 0.2) is 0 Å². The predicted octanol–water partition coefficient (Wildman–Crippen LogP) is 3.36. The molecule has 0 aromatic carbocycles. The number of hydrogen-bond acceptors (Lipinski definition) is 2. The molecule has 2 aliphatic rings. The van der Waals surface area contributed by atoms with Gasteiger partial charge in [-0.05, 0) is 51.0 Å². The van der Waals surface area contributed by atoms with Crippen molar-refractivity contribution < 1.29 is 4.74 Å². The van der Waals surface area contributed by atoms with Gasteiger partial charge in [-0.2, -0.15) is 0 Å². The highest BCUT2D eigenvalue weighted by Crippen LogP contribution is 2.44. The van der Waals surface area contributed by atoms with E-state index in [4.69, 9.17) is 4.74 Å². The molecule has 0 radical (unpaired) electrons. The lowest BCUT2D eigenvalue weighted by Gasteiger charge is -2.50. The zero-order valence-electron chi connectivity index (χ0n) is 11.8. The van der Waals surface area contributed by atoms with Crippen molar-refractivity contribution in [1.29, 1.82) is 0 Å². The Kier molecular flexibility index (Phi) is 4.48. The second-order valence-corrected chi connectivity index (χ2v) is 6.08. The van der Waals surface area contributed by atoms with E-state index in [0.717, 1.165) is 11.8 Å². The van der Waals surface area contributed by atoms with Gasteiger partial charge < -0.3 is 10.1 Å². The van der Waals surface area contributed by atoms with Crippen LogP contribution in [-0.4, -0.2) is 25.8 Å². The van der Waals surface area contributed by atoms with Crippen molar-refractivity contribution in [3.63, 3.8) is 0 Å². The Morgan fingerprint density at radius 1 is 1.24 bits per heavy atom. The van der Waals surface area contributed by atoms with Crippen molar-refractivity contribution in [3.8, 4) is 0 Å². The molecule has 0 aromatic heterocycles. The number of methoxy groups -OCH3 is 1. The molecule has 2 heteroatoms. The van der Waals surface area contributed by atoms with Crippen molar-refractivity contribution >= 4 is 0 Å². The van der Waals surface area contributed by atoms with Gasteiger partial charge in [-0.25, -0.2) is 0 Å². The van der Waals surface area contributed by atoms with E-state index >= 15 is 0 Å². The number of ether oxygens (including phenoxy) is 1. The molecule has 2 rings (SSSR count). The van der Waals surface area contributed by atoms with Gasteiger partial charge in [0.2, 0.25) is 0 Å². The average Bonchev–Trinajstić information content (AvgIpc) is 2.34.